The quantitative estimate of drug-likeness (QED) is 0.702. The summed E-state index contributed by atoms with van der Waals surface area (Å²) >= 11 is 0. The van der Waals surface area contributed by atoms with Gasteiger partial charge in [-0.05, 0) is 12.1 Å². The Kier molecular flexibility index (Phi) is 3.05. The first-order valence-electron chi connectivity index (χ1n) is 5.09. The molecule has 0 unspecified atom stereocenters. The molecule has 0 radical (unpaired) electrons. The van der Waals surface area contributed by atoms with Crippen molar-refractivity contribution in [3.8, 4) is 11.4 Å². The maximum absolute atomic E-state index is 11.7. The van der Waals surface area contributed by atoms with E-state index in [1.807, 2.05) is 0 Å². The molecule has 18 heavy (non-hydrogen) atoms. The molecule has 2 aromatic heterocycles. The lowest BCUT2D eigenvalue weighted by Gasteiger charge is -2.05. The maximum Gasteiger partial charge on any atom is 0.308 e. The highest BCUT2D eigenvalue weighted by atomic mass is 16.4. The second-order valence-corrected chi connectivity index (χ2v) is 3.58. The number of nitrogens with two attached hydrogens (primary N) is 1. The standard InChI is InChI=1S/C11H10N4O3/c12-9-7(5-8(16)17)11(18)15-10(14-9)6-1-3-13-4-2-6/h1-4H,5H2,(H,16,17)(H3,12,14,15,18). The SMILES string of the molecule is Nc1nc(-c2ccncc2)[nH]c(=O)c1CC(=O)O. The first kappa shape index (κ1) is 11.8. The zero-order chi connectivity index (χ0) is 13.1. The van der Waals surface area contributed by atoms with Crippen LogP contribution in [0.4, 0.5) is 5.82 Å². The number of pyridine rings is 1. The molecule has 0 aliphatic carbocycles. The van der Waals surface area contributed by atoms with Crippen molar-refractivity contribution in [1.29, 1.82) is 0 Å². The fourth-order valence-electron chi connectivity index (χ4n) is 1.48. The van der Waals surface area contributed by atoms with Crippen LogP contribution in [0.3, 0.4) is 0 Å². The van der Waals surface area contributed by atoms with Gasteiger partial charge in [0.05, 0.1) is 12.0 Å². The topological polar surface area (TPSA) is 122 Å². The number of aliphatic carboxylic acids is 1. The van der Waals surface area contributed by atoms with Crippen molar-refractivity contribution in [1.82, 2.24) is 15.0 Å². The highest BCUT2D eigenvalue weighted by Gasteiger charge is 2.13. The minimum absolute atomic E-state index is 0.0414. The third-order valence-electron chi connectivity index (χ3n) is 2.33. The van der Waals surface area contributed by atoms with Crippen LogP contribution in [-0.2, 0) is 11.2 Å². The van der Waals surface area contributed by atoms with Gasteiger partial charge in [-0.3, -0.25) is 14.6 Å². The fraction of sp³-hybridized carbons (Fsp3) is 0.0909. The lowest BCUT2D eigenvalue weighted by Crippen LogP contribution is -2.21. The van der Waals surface area contributed by atoms with Crippen molar-refractivity contribution in [2.75, 3.05) is 5.73 Å². The van der Waals surface area contributed by atoms with Crippen LogP contribution in [0.1, 0.15) is 5.56 Å². The predicted molar refractivity (Wildman–Crippen MR) is 63.8 cm³/mol. The molecule has 0 aliphatic rings. The van der Waals surface area contributed by atoms with Crippen LogP contribution in [-0.4, -0.2) is 26.0 Å². The molecule has 7 heteroatoms. The van der Waals surface area contributed by atoms with Gasteiger partial charge in [0, 0.05) is 18.0 Å². The van der Waals surface area contributed by atoms with E-state index in [1.165, 1.54) is 0 Å². The molecule has 2 rings (SSSR count). The molecule has 0 spiro atoms. The van der Waals surface area contributed by atoms with E-state index in [-0.39, 0.29) is 17.2 Å². The molecule has 0 amide bonds. The summed E-state index contributed by atoms with van der Waals surface area (Å²) in [6, 6.07) is 3.32. The monoisotopic (exact) mass is 246 g/mol. The molecule has 0 bridgehead atoms. The van der Waals surface area contributed by atoms with Crippen LogP contribution < -0.4 is 11.3 Å². The van der Waals surface area contributed by atoms with Gasteiger partial charge >= 0.3 is 5.97 Å². The Morgan fingerprint density at radius 3 is 2.61 bits per heavy atom. The summed E-state index contributed by atoms with van der Waals surface area (Å²) in [6.45, 7) is 0. The van der Waals surface area contributed by atoms with E-state index in [0.717, 1.165) is 0 Å². The zero-order valence-corrected chi connectivity index (χ0v) is 9.25. The normalized spacial score (nSPS) is 10.2. The van der Waals surface area contributed by atoms with Crippen LogP contribution in [0.5, 0.6) is 0 Å². The van der Waals surface area contributed by atoms with Crippen molar-refractivity contribution in [3.05, 3.63) is 40.4 Å². The lowest BCUT2D eigenvalue weighted by molar-refractivity contribution is -0.136. The van der Waals surface area contributed by atoms with E-state index in [9.17, 15) is 9.59 Å². The lowest BCUT2D eigenvalue weighted by atomic mass is 10.2. The molecule has 0 aliphatic heterocycles. The Labute approximate surface area is 101 Å². The molecule has 2 aromatic rings. The first-order valence-corrected chi connectivity index (χ1v) is 5.09. The van der Waals surface area contributed by atoms with Gasteiger partial charge in [-0.25, -0.2) is 4.98 Å². The summed E-state index contributed by atoms with van der Waals surface area (Å²) in [7, 11) is 0. The van der Waals surface area contributed by atoms with E-state index in [1.54, 1.807) is 24.5 Å². The molecule has 7 nitrogen and oxygen atoms in total. The van der Waals surface area contributed by atoms with Gasteiger partial charge in [-0.15, -0.1) is 0 Å². The Morgan fingerprint density at radius 1 is 1.39 bits per heavy atom. The van der Waals surface area contributed by atoms with Gasteiger partial charge in [-0.2, -0.15) is 0 Å². The molecule has 0 fully saturated rings. The second-order valence-electron chi connectivity index (χ2n) is 3.58. The van der Waals surface area contributed by atoms with E-state index >= 15 is 0 Å². The molecule has 4 N–H and O–H groups in total. The van der Waals surface area contributed by atoms with E-state index in [4.69, 9.17) is 10.8 Å². The summed E-state index contributed by atoms with van der Waals surface area (Å²) in [5, 5.41) is 8.66. The molecule has 92 valence electrons. The van der Waals surface area contributed by atoms with Crippen molar-refractivity contribution < 1.29 is 9.90 Å². The number of anilines is 1. The van der Waals surface area contributed by atoms with Gasteiger partial charge in [-0.1, -0.05) is 0 Å². The van der Waals surface area contributed by atoms with E-state index in [0.29, 0.717) is 5.56 Å². The molecular weight excluding hydrogens is 236 g/mol. The largest absolute Gasteiger partial charge is 0.481 e. The number of carboxylic acid groups (broad SMARTS) is 1. The van der Waals surface area contributed by atoms with Crippen molar-refractivity contribution in [2.45, 2.75) is 6.42 Å². The van der Waals surface area contributed by atoms with Crippen LogP contribution in [0.15, 0.2) is 29.3 Å². The fourth-order valence-corrected chi connectivity index (χ4v) is 1.48. The molecule has 0 saturated heterocycles. The zero-order valence-electron chi connectivity index (χ0n) is 9.25. The maximum atomic E-state index is 11.7. The minimum atomic E-state index is -1.13. The Balaban J connectivity index is 2.49. The number of aromatic nitrogens is 3. The number of carbonyl (C=O) groups is 1. The number of aromatic amines is 1. The number of H-pyrrole nitrogens is 1. The number of nitrogens with zero attached hydrogens (tertiary/aromatic N) is 2. The van der Waals surface area contributed by atoms with Crippen molar-refractivity contribution >= 4 is 11.8 Å². The summed E-state index contributed by atoms with van der Waals surface area (Å²) in [5.41, 5.74) is 5.66. The van der Waals surface area contributed by atoms with Crippen molar-refractivity contribution in [3.63, 3.8) is 0 Å². The van der Waals surface area contributed by atoms with Crippen molar-refractivity contribution in [2.24, 2.45) is 0 Å². The average Bonchev–Trinajstić information content (AvgIpc) is 2.34. The van der Waals surface area contributed by atoms with Gasteiger partial charge in [0.1, 0.15) is 11.6 Å². The highest BCUT2D eigenvalue weighted by molar-refractivity contribution is 5.72. The summed E-state index contributed by atoms with van der Waals surface area (Å²) < 4.78 is 0. The number of nitrogen functional groups attached to an aromatic ring is 1. The Hall–Kier alpha value is -2.70. The van der Waals surface area contributed by atoms with E-state index in [2.05, 4.69) is 15.0 Å². The second kappa shape index (κ2) is 4.66. The van der Waals surface area contributed by atoms with Gasteiger partial charge in [0.25, 0.3) is 5.56 Å². The molecule has 0 atom stereocenters. The average molecular weight is 246 g/mol. The summed E-state index contributed by atoms with van der Waals surface area (Å²) in [6.07, 6.45) is 2.65. The Bertz CT molecular complexity index is 636. The first-order chi connectivity index (χ1) is 8.58. The number of hydrogen-bond donors (Lipinski definition) is 3. The number of hydrogen-bond acceptors (Lipinski definition) is 5. The van der Waals surface area contributed by atoms with Gasteiger partial charge in [0.2, 0.25) is 0 Å². The molecule has 0 aromatic carbocycles. The minimum Gasteiger partial charge on any atom is -0.481 e. The number of rotatable bonds is 3. The number of nitrogens with one attached hydrogen (secondary N) is 1. The summed E-state index contributed by atoms with van der Waals surface area (Å²) in [5.74, 6) is -0.923. The third kappa shape index (κ3) is 2.34. The molecule has 0 saturated carbocycles. The highest BCUT2D eigenvalue weighted by Crippen LogP contribution is 2.14. The van der Waals surface area contributed by atoms with E-state index < -0.39 is 17.9 Å². The van der Waals surface area contributed by atoms with Gasteiger partial charge < -0.3 is 15.8 Å². The number of carboxylic acids is 1. The predicted octanol–water partition coefficient (Wildman–Crippen LogP) is 0.0412. The molecular formula is C11H10N4O3. The smallest absolute Gasteiger partial charge is 0.308 e. The molecule has 2 heterocycles. The Morgan fingerprint density at radius 2 is 2.06 bits per heavy atom. The van der Waals surface area contributed by atoms with Gasteiger partial charge in [0.15, 0.2) is 0 Å². The summed E-state index contributed by atoms with van der Waals surface area (Å²) in [4.78, 5) is 32.6. The van der Waals surface area contributed by atoms with Crippen LogP contribution in [0, 0.1) is 0 Å². The van der Waals surface area contributed by atoms with Crippen LogP contribution >= 0.6 is 0 Å². The van der Waals surface area contributed by atoms with Crippen LogP contribution in [0.2, 0.25) is 0 Å². The van der Waals surface area contributed by atoms with Crippen LogP contribution in [0.25, 0.3) is 11.4 Å². The third-order valence-corrected chi connectivity index (χ3v) is 2.33.